The van der Waals surface area contributed by atoms with E-state index in [-0.39, 0.29) is 22.4 Å². The summed E-state index contributed by atoms with van der Waals surface area (Å²) >= 11 is 0. The molecule has 0 radical (unpaired) electrons. The molecule has 0 unspecified atom stereocenters. The first kappa shape index (κ1) is 13.1. The predicted octanol–water partition coefficient (Wildman–Crippen LogP) is 1.37. The number of carbonyl (C=O) groups excluding carboxylic acids is 1. The van der Waals surface area contributed by atoms with Crippen LogP contribution in [0.3, 0.4) is 0 Å². The molecule has 0 fully saturated rings. The molecule has 6 nitrogen and oxygen atoms in total. The van der Waals surface area contributed by atoms with Crippen molar-refractivity contribution in [2.75, 3.05) is 5.32 Å². The van der Waals surface area contributed by atoms with E-state index in [1.807, 2.05) is 12.1 Å². The van der Waals surface area contributed by atoms with E-state index < -0.39 is 5.91 Å². The number of nitrogens with zero attached hydrogens (tertiary/aromatic N) is 2. The zero-order valence-electron chi connectivity index (χ0n) is 10.2. The van der Waals surface area contributed by atoms with E-state index >= 15 is 0 Å². The summed E-state index contributed by atoms with van der Waals surface area (Å²) in [6.45, 7) is 0. The van der Waals surface area contributed by atoms with Gasteiger partial charge in [-0.2, -0.15) is 10.5 Å². The van der Waals surface area contributed by atoms with Crippen LogP contribution in [0.5, 0.6) is 0 Å². The van der Waals surface area contributed by atoms with Crippen molar-refractivity contribution in [2.45, 2.75) is 0 Å². The number of hydrogen-bond acceptors (Lipinski definition) is 4. The van der Waals surface area contributed by atoms with E-state index in [0.29, 0.717) is 5.69 Å². The number of anilines is 1. The minimum Gasteiger partial charge on any atom is -0.321 e. The van der Waals surface area contributed by atoms with Crippen LogP contribution in [0.4, 0.5) is 5.69 Å². The van der Waals surface area contributed by atoms with Crippen LogP contribution in [0, 0.1) is 22.7 Å². The van der Waals surface area contributed by atoms with E-state index in [9.17, 15) is 9.59 Å². The van der Waals surface area contributed by atoms with Crippen molar-refractivity contribution in [1.29, 1.82) is 10.5 Å². The van der Waals surface area contributed by atoms with E-state index in [4.69, 9.17) is 10.5 Å². The fourth-order valence-electron chi connectivity index (χ4n) is 1.59. The number of benzene rings is 1. The second kappa shape index (κ2) is 5.51. The molecule has 2 aromatic rings. The lowest BCUT2D eigenvalue weighted by Gasteiger charge is -2.05. The van der Waals surface area contributed by atoms with Crippen molar-refractivity contribution in [1.82, 2.24) is 4.98 Å². The van der Waals surface area contributed by atoms with Crippen LogP contribution in [-0.4, -0.2) is 10.9 Å². The van der Waals surface area contributed by atoms with Crippen molar-refractivity contribution < 1.29 is 4.79 Å². The Morgan fingerprint density at radius 2 is 1.85 bits per heavy atom. The Labute approximate surface area is 113 Å². The summed E-state index contributed by atoms with van der Waals surface area (Å²) < 4.78 is 0. The van der Waals surface area contributed by atoms with Gasteiger partial charge >= 0.3 is 0 Å². The largest absolute Gasteiger partial charge is 0.321 e. The smallest absolute Gasteiger partial charge is 0.272 e. The van der Waals surface area contributed by atoms with Gasteiger partial charge in [-0.1, -0.05) is 6.07 Å². The predicted molar refractivity (Wildman–Crippen MR) is 70.9 cm³/mol. The number of aromatic nitrogens is 1. The lowest BCUT2D eigenvalue weighted by atomic mass is 10.1. The van der Waals surface area contributed by atoms with Gasteiger partial charge in [-0.3, -0.25) is 9.59 Å². The van der Waals surface area contributed by atoms with Crippen LogP contribution >= 0.6 is 0 Å². The van der Waals surface area contributed by atoms with Gasteiger partial charge in [0, 0.05) is 11.8 Å². The van der Waals surface area contributed by atoms with Gasteiger partial charge < -0.3 is 10.3 Å². The molecule has 2 rings (SSSR count). The number of H-pyrrole nitrogens is 1. The molecule has 1 heterocycles. The molecular weight excluding hydrogens is 256 g/mol. The normalized spacial score (nSPS) is 9.30. The zero-order valence-corrected chi connectivity index (χ0v) is 10.2. The van der Waals surface area contributed by atoms with Crippen molar-refractivity contribution in [3.05, 3.63) is 63.6 Å². The number of carbonyl (C=O) groups is 1. The molecule has 0 saturated heterocycles. The van der Waals surface area contributed by atoms with Crippen LogP contribution in [-0.2, 0) is 0 Å². The summed E-state index contributed by atoms with van der Waals surface area (Å²) in [6.07, 6.45) is 0. The highest BCUT2D eigenvalue weighted by molar-refractivity contribution is 6.02. The third-order valence-electron chi connectivity index (χ3n) is 2.53. The Bertz CT molecular complexity index is 809. The number of rotatable bonds is 2. The SMILES string of the molecule is N#Cc1ccc(NC(=O)c2cccc(=O)[nH]2)cc1C#N. The van der Waals surface area contributed by atoms with Gasteiger partial charge in [0.25, 0.3) is 5.91 Å². The van der Waals surface area contributed by atoms with Crippen LogP contribution in [0.25, 0.3) is 0 Å². The molecule has 0 aliphatic heterocycles. The first-order chi connectivity index (χ1) is 9.63. The molecule has 0 aliphatic rings. The summed E-state index contributed by atoms with van der Waals surface area (Å²) in [6, 6.07) is 12.3. The maximum atomic E-state index is 11.9. The van der Waals surface area contributed by atoms with Gasteiger partial charge in [0.05, 0.1) is 11.1 Å². The molecule has 0 bridgehead atoms. The van der Waals surface area contributed by atoms with Gasteiger partial charge in [-0.05, 0) is 24.3 Å². The highest BCUT2D eigenvalue weighted by atomic mass is 16.2. The molecule has 0 spiro atoms. The standard InChI is InChI=1S/C14H8N4O2/c15-7-9-4-5-11(6-10(9)8-16)17-14(20)12-2-1-3-13(19)18-12/h1-6H,(H,17,20)(H,18,19). The number of hydrogen-bond donors (Lipinski definition) is 2. The molecule has 2 N–H and O–H groups in total. The quantitative estimate of drug-likeness (QED) is 0.853. The number of nitriles is 2. The zero-order chi connectivity index (χ0) is 14.5. The summed E-state index contributed by atoms with van der Waals surface area (Å²) in [5, 5.41) is 20.2. The molecule has 1 aromatic carbocycles. The minimum absolute atomic E-state index is 0.111. The molecule has 6 heteroatoms. The number of nitrogens with one attached hydrogen (secondary N) is 2. The van der Waals surface area contributed by atoms with Crippen molar-refractivity contribution in [3.8, 4) is 12.1 Å². The summed E-state index contributed by atoms with van der Waals surface area (Å²) in [4.78, 5) is 25.4. The molecular formula is C14H8N4O2. The first-order valence-electron chi connectivity index (χ1n) is 5.59. The summed E-state index contributed by atoms with van der Waals surface area (Å²) in [5.41, 5.74) is 0.510. The molecule has 96 valence electrons. The molecule has 0 atom stereocenters. The lowest BCUT2D eigenvalue weighted by molar-refractivity contribution is 0.102. The van der Waals surface area contributed by atoms with Gasteiger partial charge in [0.15, 0.2) is 0 Å². The van der Waals surface area contributed by atoms with Crippen LogP contribution in [0.2, 0.25) is 0 Å². The van der Waals surface area contributed by atoms with E-state index in [1.54, 1.807) is 0 Å². The highest BCUT2D eigenvalue weighted by Gasteiger charge is 2.08. The van der Waals surface area contributed by atoms with E-state index in [1.165, 1.54) is 36.4 Å². The highest BCUT2D eigenvalue weighted by Crippen LogP contribution is 2.15. The van der Waals surface area contributed by atoms with E-state index in [2.05, 4.69) is 10.3 Å². The minimum atomic E-state index is -0.503. The average Bonchev–Trinajstić information content (AvgIpc) is 2.47. The van der Waals surface area contributed by atoms with Gasteiger partial charge in [0.1, 0.15) is 17.8 Å². The second-order valence-corrected chi connectivity index (χ2v) is 3.87. The van der Waals surface area contributed by atoms with Crippen molar-refractivity contribution >= 4 is 11.6 Å². The van der Waals surface area contributed by atoms with Crippen molar-refractivity contribution in [2.24, 2.45) is 0 Å². The van der Waals surface area contributed by atoms with Crippen molar-refractivity contribution in [3.63, 3.8) is 0 Å². The van der Waals surface area contributed by atoms with Gasteiger partial charge in [-0.15, -0.1) is 0 Å². The lowest BCUT2D eigenvalue weighted by Crippen LogP contribution is -2.17. The Morgan fingerprint density at radius 3 is 2.50 bits per heavy atom. The Balaban J connectivity index is 2.27. The summed E-state index contributed by atoms with van der Waals surface area (Å²) in [5.74, 6) is -0.503. The summed E-state index contributed by atoms with van der Waals surface area (Å²) in [7, 11) is 0. The second-order valence-electron chi connectivity index (χ2n) is 3.87. The van der Waals surface area contributed by atoms with Crippen LogP contribution in [0.1, 0.15) is 21.6 Å². The number of aromatic amines is 1. The Kier molecular flexibility index (Phi) is 3.60. The first-order valence-corrected chi connectivity index (χ1v) is 5.59. The Morgan fingerprint density at radius 1 is 1.10 bits per heavy atom. The average molecular weight is 264 g/mol. The molecule has 20 heavy (non-hydrogen) atoms. The topological polar surface area (TPSA) is 110 Å². The molecule has 0 aliphatic carbocycles. The van der Waals surface area contributed by atoms with Gasteiger partial charge in [0.2, 0.25) is 5.56 Å². The Hall–Kier alpha value is -3.38. The van der Waals surface area contributed by atoms with Crippen LogP contribution < -0.4 is 10.9 Å². The number of amides is 1. The maximum absolute atomic E-state index is 11.9. The van der Waals surface area contributed by atoms with E-state index in [0.717, 1.165) is 0 Å². The molecule has 0 saturated carbocycles. The molecule has 1 amide bonds. The monoisotopic (exact) mass is 264 g/mol. The maximum Gasteiger partial charge on any atom is 0.272 e. The third kappa shape index (κ3) is 2.71. The third-order valence-corrected chi connectivity index (χ3v) is 2.53. The van der Waals surface area contributed by atoms with Crippen LogP contribution in [0.15, 0.2) is 41.2 Å². The fraction of sp³-hybridized carbons (Fsp3) is 0. The van der Waals surface area contributed by atoms with Gasteiger partial charge in [-0.25, -0.2) is 0 Å². The fourth-order valence-corrected chi connectivity index (χ4v) is 1.59. The number of pyridine rings is 1. The molecule has 1 aromatic heterocycles.